The zero-order chi connectivity index (χ0) is 18.5. The van der Waals surface area contributed by atoms with Gasteiger partial charge in [-0.25, -0.2) is 4.79 Å². The fourth-order valence-corrected chi connectivity index (χ4v) is 3.46. The molecular weight excluding hydrogens is 332 g/mol. The Morgan fingerprint density at radius 3 is 2.38 bits per heavy atom. The first-order chi connectivity index (χ1) is 12.6. The molecule has 1 aromatic rings. The van der Waals surface area contributed by atoms with Gasteiger partial charge >= 0.3 is 6.03 Å². The number of carbonyl (C=O) groups excluding carboxylic acids is 2. The number of aryl methyl sites for hydroxylation is 1. The molecule has 2 saturated heterocycles. The third kappa shape index (κ3) is 4.46. The van der Waals surface area contributed by atoms with Crippen molar-refractivity contribution in [2.75, 3.05) is 58.2 Å². The third-order valence-corrected chi connectivity index (χ3v) is 5.08. The fourth-order valence-electron chi connectivity index (χ4n) is 3.46. The molecule has 0 atom stereocenters. The number of amides is 3. The van der Waals surface area contributed by atoms with Gasteiger partial charge in [0.15, 0.2) is 0 Å². The molecule has 0 saturated carbocycles. The van der Waals surface area contributed by atoms with Gasteiger partial charge in [0.2, 0.25) is 5.91 Å². The zero-order valence-corrected chi connectivity index (χ0v) is 15.7. The number of benzene rings is 1. The van der Waals surface area contributed by atoms with E-state index in [2.05, 4.69) is 10.2 Å². The van der Waals surface area contributed by atoms with Gasteiger partial charge in [-0.2, -0.15) is 0 Å². The summed E-state index contributed by atoms with van der Waals surface area (Å²) in [4.78, 5) is 30.6. The van der Waals surface area contributed by atoms with Crippen LogP contribution >= 0.6 is 0 Å². The second kappa shape index (κ2) is 8.40. The Bertz CT molecular complexity index is 650. The number of ether oxygens (including phenoxy) is 1. The van der Waals surface area contributed by atoms with E-state index in [1.54, 1.807) is 12.0 Å². The number of nitrogens with zero attached hydrogens (tertiary/aromatic N) is 3. The van der Waals surface area contributed by atoms with E-state index in [1.165, 1.54) is 0 Å². The van der Waals surface area contributed by atoms with Crippen molar-refractivity contribution < 1.29 is 14.3 Å². The Balaban J connectivity index is 1.48. The zero-order valence-electron chi connectivity index (χ0n) is 15.7. The summed E-state index contributed by atoms with van der Waals surface area (Å²) in [6, 6.07) is 5.58. The van der Waals surface area contributed by atoms with Crippen molar-refractivity contribution in [3.63, 3.8) is 0 Å². The fraction of sp³-hybridized carbons (Fsp3) is 0.579. The molecule has 1 N–H and O–H groups in total. The molecule has 3 rings (SSSR count). The highest BCUT2D eigenvalue weighted by molar-refractivity contribution is 5.91. The van der Waals surface area contributed by atoms with Gasteiger partial charge in [0, 0.05) is 39.3 Å². The first-order valence-electron chi connectivity index (χ1n) is 9.27. The number of hydrogen-bond acceptors (Lipinski definition) is 4. The summed E-state index contributed by atoms with van der Waals surface area (Å²) in [7, 11) is 1.60. The minimum Gasteiger partial charge on any atom is -0.495 e. The first-order valence-corrected chi connectivity index (χ1v) is 9.27. The minimum atomic E-state index is -0.127. The molecule has 0 unspecified atom stereocenters. The summed E-state index contributed by atoms with van der Waals surface area (Å²) in [5, 5.41) is 2.93. The van der Waals surface area contributed by atoms with Crippen LogP contribution in [-0.2, 0) is 4.79 Å². The number of rotatable bonds is 4. The van der Waals surface area contributed by atoms with Gasteiger partial charge in [0.1, 0.15) is 5.75 Å². The number of nitrogens with one attached hydrogen (secondary N) is 1. The van der Waals surface area contributed by atoms with E-state index in [-0.39, 0.29) is 11.9 Å². The monoisotopic (exact) mass is 360 g/mol. The molecule has 1 aromatic carbocycles. The van der Waals surface area contributed by atoms with E-state index in [9.17, 15) is 9.59 Å². The quantitative estimate of drug-likeness (QED) is 0.889. The van der Waals surface area contributed by atoms with Crippen molar-refractivity contribution in [3.05, 3.63) is 23.8 Å². The van der Waals surface area contributed by atoms with Crippen LogP contribution in [0.5, 0.6) is 5.75 Å². The Labute approximate surface area is 154 Å². The Kier molecular flexibility index (Phi) is 5.98. The van der Waals surface area contributed by atoms with Gasteiger partial charge in [-0.3, -0.25) is 9.69 Å². The molecule has 142 valence electrons. The first kappa shape index (κ1) is 18.5. The summed E-state index contributed by atoms with van der Waals surface area (Å²) < 4.78 is 5.34. The van der Waals surface area contributed by atoms with Crippen molar-refractivity contribution in [1.29, 1.82) is 0 Å². The molecule has 2 aliphatic rings. The number of piperazine rings is 1. The molecule has 3 amide bonds. The lowest BCUT2D eigenvalue weighted by Crippen LogP contribution is -2.52. The topological polar surface area (TPSA) is 65.1 Å². The van der Waals surface area contributed by atoms with Crippen LogP contribution < -0.4 is 10.1 Å². The number of carbonyl (C=O) groups is 2. The highest BCUT2D eigenvalue weighted by Gasteiger charge is 2.25. The molecule has 0 radical (unpaired) electrons. The van der Waals surface area contributed by atoms with Gasteiger partial charge in [-0.15, -0.1) is 0 Å². The number of methoxy groups -OCH3 is 1. The average Bonchev–Trinajstić information content (AvgIpc) is 3.18. The maximum Gasteiger partial charge on any atom is 0.322 e. The predicted molar refractivity (Wildman–Crippen MR) is 101 cm³/mol. The van der Waals surface area contributed by atoms with Crippen molar-refractivity contribution in [1.82, 2.24) is 14.7 Å². The Morgan fingerprint density at radius 1 is 1.04 bits per heavy atom. The maximum atomic E-state index is 12.5. The van der Waals surface area contributed by atoms with Crippen LogP contribution in [0.1, 0.15) is 18.4 Å². The van der Waals surface area contributed by atoms with E-state index in [1.807, 2.05) is 30.0 Å². The van der Waals surface area contributed by atoms with E-state index >= 15 is 0 Å². The lowest BCUT2D eigenvalue weighted by Gasteiger charge is -2.35. The molecule has 2 fully saturated rings. The second-order valence-electron chi connectivity index (χ2n) is 6.98. The Hall–Kier alpha value is -2.28. The molecular formula is C19H28N4O3. The third-order valence-electron chi connectivity index (χ3n) is 5.08. The largest absolute Gasteiger partial charge is 0.495 e. The summed E-state index contributed by atoms with van der Waals surface area (Å²) in [5.41, 5.74) is 1.76. The maximum absolute atomic E-state index is 12.5. The van der Waals surface area contributed by atoms with Crippen molar-refractivity contribution >= 4 is 17.6 Å². The lowest BCUT2D eigenvalue weighted by molar-refractivity contribution is -0.131. The Morgan fingerprint density at radius 2 is 1.73 bits per heavy atom. The molecule has 0 aromatic heterocycles. The lowest BCUT2D eigenvalue weighted by atomic mass is 10.2. The summed E-state index contributed by atoms with van der Waals surface area (Å²) in [5.74, 6) is 0.873. The molecule has 0 bridgehead atoms. The highest BCUT2D eigenvalue weighted by Crippen LogP contribution is 2.25. The van der Waals surface area contributed by atoms with Gasteiger partial charge in [-0.05, 0) is 37.5 Å². The van der Waals surface area contributed by atoms with Crippen LogP contribution in [0.25, 0.3) is 0 Å². The van der Waals surface area contributed by atoms with Crippen LogP contribution in [0.4, 0.5) is 10.5 Å². The van der Waals surface area contributed by atoms with Crippen LogP contribution in [0, 0.1) is 6.92 Å². The van der Waals surface area contributed by atoms with E-state index in [0.717, 1.165) is 44.6 Å². The predicted octanol–water partition coefficient (Wildman–Crippen LogP) is 1.78. The molecule has 2 aliphatic heterocycles. The number of urea groups is 1. The van der Waals surface area contributed by atoms with Crippen molar-refractivity contribution in [2.24, 2.45) is 0 Å². The normalized spacial score (nSPS) is 18.1. The minimum absolute atomic E-state index is 0.127. The SMILES string of the molecule is COc1cc(C)ccc1NC(=O)N1CCN(CC(=O)N2CCCC2)CC1. The van der Waals surface area contributed by atoms with Gasteiger partial charge in [0.05, 0.1) is 19.3 Å². The summed E-state index contributed by atoms with van der Waals surface area (Å²) in [6.45, 7) is 6.90. The van der Waals surface area contributed by atoms with E-state index < -0.39 is 0 Å². The second-order valence-corrected chi connectivity index (χ2v) is 6.98. The molecule has 26 heavy (non-hydrogen) atoms. The summed E-state index contributed by atoms with van der Waals surface area (Å²) in [6.07, 6.45) is 2.23. The molecule has 0 spiro atoms. The van der Waals surface area contributed by atoms with Gasteiger partial charge in [0.25, 0.3) is 0 Å². The number of hydrogen-bond donors (Lipinski definition) is 1. The van der Waals surface area contributed by atoms with Gasteiger partial charge < -0.3 is 19.9 Å². The highest BCUT2D eigenvalue weighted by atomic mass is 16.5. The number of anilines is 1. The van der Waals surface area contributed by atoms with E-state index in [4.69, 9.17) is 4.74 Å². The number of likely N-dealkylation sites (tertiary alicyclic amines) is 1. The van der Waals surface area contributed by atoms with Gasteiger partial charge in [-0.1, -0.05) is 6.07 Å². The van der Waals surface area contributed by atoms with Crippen molar-refractivity contribution in [2.45, 2.75) is 19.8 Å². The van der Waals surface area contributed by atoms with E-state index in [0.29, 0.717) is 31.1 Å². The molecule has 7 nitrogen and oxygen atoms in total. The molecule has 7 heteroatoms. The van der Waals surface area contributed by atoms with Crippen LogP contribution in [0.15, 0.2) is 18.2 Å². The van der Waals surface area contributed by atoms with Crippen molar-refractivity contribution in [3.8, 4) is 5.75 Å². The molecule has 0 aliphatic carbocycles. The standard InChI is InChI=1S/C19H28N4O3/c1-15-5-6-16(17(13-15)26-2)20-19(25)23-11-9-21(10-12-23)14-18(24)22-7-3-4-8-22/h5-6,13H,3-4,7-12,14H2,1-2H3,(H,20,25). The van der Waals surface area contributed by atoms with Crippen LogP contribution in [-0.4, -0.2) is 79.6 Å². The van der Waals surface area contributed by atoms with Crippen LogP contribution in [0.2, 0.25) is 0 Å². The summed E-state index contributed by atoms with van der Waals surface area (Å²) >= 11 is 0. The smallest absolute Gasteiger partial charge is 0.322 e. The average molecular weight is 360 g/mol. The molecule has 2 heterocycles. The van der Waals surface area contributed by atoms with Crippen LogP contribution in [0.3, 0.4) is 0 Å².